The van der Waals surface area contributed by atoms with Crippen LogP contribution in [0.1, 0.15) is 30.4 Å². The summed E-state index contributed by atoms with van der Waals surface area (Å²) < 4.78 is 16.9. The number of hydrogen-bond acceptors (Lipinski definition) is 4. The van der Waals surface area contributed by atoms with Crippen molar-refractivity contribution in [3.05, 3.63) is 59.7 Å². The molecule has 0 aliphatic carbocycles. The van der Waals surface area contributed by atoms with Crippen LogP contribution in [0.25, 0.3) is 0 Å². The van der Waals surface area contributed by atoms with E-state index < -0.39 is 0 Å². The highest BCUT2D eigenvalue weighted by Gasteiger charge is 2.28. The summed E-state index contributed by atoms with van der Waals surface area (Å²) in [4.78, 5) is 15.0. The van der Waals surface area contributed by atoms with Gasteiger partial charge in [-0.25, -0.2) is 0 Å². The maximum atomic E-state index is 13.0. The number of rotatable bonds is 7. The summed E-state index contributed by atoms with van der Waals surface area (Å²) >= 11 is 0. The zero-order valence-electron chi connectivity index (χ0n) is 16.1. The minimum atomic E-state index is -0.297. The van der Waals surface area contributed by atoms with Crippen molar-refractivity contribution in [3.8, 4) is 11.5 Å². The molecular weight excluding hydrogens is 354 g/mol. The monoisotopic (exact) mass is 381 g/mol. The molecule has 28 heavy (non-hydrogen) atoms. The van der Waals surface area contributed by atoms with E-state index in [1.165, 1.54) is 5.56 Å². The molecule has 1 saturated heterocycles. The minimum Gasteiger partial charge on any atom is -0.486 e. The Kier molecular flexibility index (Phi) is 6.12. The van der Waals surface area contributed by atoms with Gasteiger partial charge in [0.15, 0.2) is 11.5 Å². The number of benzene rings is 2. The maximum absolute atomic E-state index is 13.0. The summed E-state index contributed by atoms with van der Waals surface area (Å²) in [6.07, 6.45) is 3.35. The van der Waals surface area contributed by atoms with Crippen molar-refractivity contribution < 1.29 is 19.0 Å². The topological polar surface area (TPSA) is 48.0 Å². The zero-order chi connectivity index (χ0) is 19.2. The zero-order valence-corrected chi connectivity index (χ0v) is 16.1. The van der Waals surface area contributed by atoms with E-state index in [0.717, 1.165) is 42.7 Å². The minimum absolute atomic E-state index is 0.0976. The molecule has 5 nitrogen and oxygen atoms in total. The molecule has 0 aromatic heterocycles. The van der Waals surface area contributed by atoms with Gasteiger partial charge in [0.05, 0.1) is 0 Å². The number of amides is 1. The molecule has 0 spiro atoms. The summed E-state index contributed by atoms with van der Waals surface area (Å²) in [5.74, 6) is 1.63. The Balaban J connectivity index is 1.43. The van der Waals surface area contributed by atoms with Crippen LogP contribution in [-0.2, 0) is 22.5 Å². The molecule has 1 fully saturated rings. The quantitative estimate of drug-likeness (QED) is 0.735. The first-order valence-corrected chi connectivity index (χ1v) is 10.1. The van der Waals surface area contributed by atoms with E-state index in [1.807, 2.05) is 29.2 Å². The largest absolute Gasteiger partial charge is 0.486 e. The lowest BCUT2D eigenvalue weighted by Gasteiger charge is -2.26. The Morgan fingerprint density at radius 3 is 2.57 bits per heavy atom. The molecule has 0 bridgehead atoms. The summed E-state index contributed by atoms with van der Waals surface area (Å²) in [6, 6.07) is 16.3. The molecule has 1 amide bonds. The fraction of sp³-hybridized carbons (Fsp3) is 0.435. The number of nitrogens with zero attached hydrogens (tertiary/aromatic N) is 1. The number of aryl methyl sites for hydroxylation is 1. The van der Waals surface area contributed by atoms with Crippen LogP contribution in [0.3, 0.4) is 0 Å². The molecule has 2 aliphatic rings. The lowest BCUT2D eigenvalue weighted by atomic mass is 10.1. The Morgan fingerprint density at radius 2 is 1.79 bits per heavy atom. The maximum Gasteiger partial charge on any atom is 0.251 e. The Hall–Kier alpha value is -2.53. The number of carbonyl (C=O) groups excluding carboxylic acids is 1. The molecule has 148 valence electrons. The van der Waals surface area contributed by atoms with Crippen molar-refractivity contribution in [2.45, 2.75) is 38.3 Å². The molecule has 5 heteroatoms. The predicted octanol–water partition coefficient (Wildman–Crippen LogP) is 3.60. The van der Waals surface area contributed by atoms with Crippen LogP contribution in [0.2, 0.25) is 0 Å². The van der Waals surface area contributed by atoms with Gasteiger partial charge in [0.1, 0.15) is 19.3 Å². The van der Waals surface area contributed by atoms with Crippen LogP contribution in [0.4, 0.5) is 0 Å². The van der Waals surface area contributed by atoms with E-state index in [2.05, 4.69) is 24.3 Å². The first kappa shape index (κ1) is 18.8. The summed E-state index contributed by atoms with van der Waals surface area (Å²) in [5, 5.41) is 0. The summed E-state index contributed by atoms with van der Waals surface area (Å²) in [6.45, 7) is 3.09. The average Bonchev–Trinajstić information content (AvgIpc) is 3.28. The third-order valence-corrected chi connectivity index (χ3v) is 5.23. The van der Waals surface area contributed by atoms with E-state index in [1.54, 1.807) is 0 Å². The van der Waals surface area contributed by atoms with Gasteiger partial charge in [0, 0.05) is 19.7 Å². The van der Waals surface area contributed by atoms with E-state index in [-0.39, 0.29) is 12.0 Å². The highest BCUT2D eigenvalue weighted by atomic mass is 16.6. The normalized spacial score (nSPS) is 18.1. The third kappa shape index (κ3) is 4.65. The molecule has 0 saturated carbocycles. The van der Waals surface area contributed by atoms with Gasteiger partial charge in [-0.15, -0.1) is 0 Å². The van der Waals surface area contributed by atoms with E-state index in [4.69, 9.17) is 14.2 Å². The average molecular weight is 381 g/mol. The van der Waals surface area contributed by atoms with Gasteiger partial charge in [0.25, 0.3) is 5.91 Å². The van der Waals surface area contributed by atoms with Gasteiger partial charge in [-0.3, -0.25) is 4.79 Å². The molecule has 0 unspecified atom stereocenters. The number of hydrogen-bond donors (Lipinski definition) is 0. The number of fused-ring (bicyclic) bond motifs is 1. The number of carbonyl (C=O) groups is 1. The molecule has 2 heterocycles. The molecule has 2 aromatic rings. The second-order valence-corrected chi connectivity index (χ2v) is 7.33. The lowest BCUT2D eigenvalue weighted by molar-refractivity contribution is -0.141. The van der Waals surface area contributed by atoms with Gasteiger partial charge in [-0.1, -0.05) is 36.4 Å². The van der Waals surface area contributed by atoms with E-state index in [9.17, 15) is 4.79 Å². The second kappa shape index (κ2) is 9.11. The highest BCUT2D eigenvalue weighted by Crippen LogP contribution is 2.31. The van der Waals surface area contributed by atoms with Gasteiger partial charge in [-0.05, 0) is 48.9 Å². The molecule has 2 aromatic carbocycles. The molecule has 0 radical (unpaired) electrons. The van der Waals surface area contributed by atoms with Gasteiger partial charge in [-0.2, -0.15) is 0 Å². The van der Waals surface area contributed by atoms with Gasteiger partial charge in [0.2, 0.25) is 0 Å². The first-order chi connectivity index (χ1) is 13.8. The van der Waals surface area contributed by atoms with Gasteiger partial charge < -0.3 is 19.1 Å². The van der Waals surface area contributed by atoms with E-state index >= 15 is 0 Å². The predicted molar refractivity (Wildman–Crippen MR) is 107 cm³/mol. The van der Waals surface area contributed by atoms with Crippen LogP contribution in [0.15, 0.2) is 48.5 Å². The van der Waals surface area contributed by atoms with Crippen LogP contribution < -0.4 is 9.47 Å². The van der Waals surface area contributed by atoms with Crippen molar-refractivity contribution in [1.29, 1.82) is 0 Å². The fourth-order valence-electron chi connectivity index (χ4n) is 3.77. The van der Waals surface area contributed by atoms with Crippen molar-refractivity contribution >= 4 is 5.91 Å². The van der Waals surface area contributed by atoms with Crippen LogP contribution in [0.5, 0.6) is 11.5 Å². The molecule has 1 atom stereocenters. The SMILES string of the molecule is O=C([C@@H]1CCCO1)N(CCCc1ccccc1)Cc1ccc2c(c1)OCCO2. The molecular formula is C23H27NO4. The van der Waals surface area contributed by atoms with Crippen molar-refractivity contribution in [3.63, 3.8) is 0 Å². The third-order valence-electron chi connectivity index (χ3n) is 5.23. The standard InChI is InChI=1S/C23H27NO4/c25-23(21-9-5-13-26-21)24(12-4-8-18-6-2-1-3-7-18)17-19-10-11-20-22(16-19)28-15-14-27-20/h1-3,6-7,10-11,16,21H,4-5,8-9,12-15,17H2/t21-/m0/s1. The Bertz CT molecular complexity index is 786. The molecule has 2 aliphatic heterocycles. The molecule has 0 N–H and O–H groups in total. The summed E-state index contributed by atoms with van der Waals surface area (Å²) in [7, 11) is 0. The summed E-state index contributed by atoms with van der Waals surface area (Å²) in [5.41, 5.74) is 2.35. The highest BCUT2D eigenvalue weighted by molar-refractivity contribution is 5.81. The second-order valence-electron chi connectivity index (χ2n) is 7.33. The lowest BCUT2D eigenvalue weighted by Crippen LogP contribution is -2.39. The van der Waals surface area contributed by atoms with Crippen molar-refractivity contribution in [2.75, 3.05) is 26.4 Å². The van der Waals surface area contributed by atoms with Crippen LogP contribution in [-0.4, -0.2) is 43.3 Å². The molecule has 4 rings (SSSR count). The van der Waals surface area contributed by atoms with Crippen LogP contribution >= 0.6 is 0 Å². The fourth-order valence-corrected chi connectivity index (χ4v) is 3.77. The van der Waals surface area contributed by atoms with E-state index in [0.29, 0.717) is 32.9 Å². The van der Waals surface area contributed by atoms with Crippen LogP contribution in [0, 0.1) is 0 Å². The van der Waals surface area contributed by atoms with Gasteiger partial charge >= 0.3 is 0 Å². The number of ether oxygens (including phenoxy) is 3. The van der Waals surface area contributed by atoms with Crippen molar-refractivity contribution in [2.24, 2.45) is 0 Å². The smallest absolute Gasteiger partial charge is 0.251 e. The first-order valence-electron chi connectivity index (χ1n) is 10.1. The Labute approximate surface area is 166 Å². The van der Waals surface area contributed by atoms with Crippen molar-refractivity contribution in [1.82, 2.24) is 4.90 Å². The Morgan fingerprint density at radius 1 is 0.964 bits per heavy atom.